The third-order valence-corrected chi connectivity index (χ3v) is 8.39. The number of benzene rings is 1. The van der Waals surface area contributed by atoms with Crippen LogP contribution in [0.25, 0.3) is 11.3 Å². The minimum atomic E-state index is -4.70. The summed E-state index contributed by atoms with van der Waals surface area (Å²) >= 11 is 0. The molecule has 0 spiro atoms. The van der Waals surface area contributed by atoms with Gasteiger partial charge in [-0.2, -0.15) is 0 Å². The summed E-state index contributed by atoms with van der Waals surface area (Å²) in [5.41, 5.74) is 2.09. The fourth-order valence-corrected chi connectivity index (χ4v) is 5.83. The molecule has 4 rings (SSSR count). The Morgan fingerprint density at radius 3 is 2.40 bits per heavy atom. The molecule has 14 heteroatoms. The maximum absolute atomic E-state index is 13.6. The van der Waals surface area contributed by atoms with E-state index in [0.717, 1.165) is 37.1 Å². The van der Waals surface area contributed by atoms with Crippen LogP contribution in [0.4, 0.5) is 10.5 Å². The van der Waals surface area contributed by atoms with E-state index < -0.39 is 37.7 Å². The van der Waals surface area contributed by atoms with Crippen molar-refractivity contribution in [2.24, 2.45) is 0 Å². The number of methoxy groups -OCH3 is 1. The van der Waals surface area contributed by atoms with E-state index >= 15 is 0 Å². The van der Waals surface area contributed by atoms with E-state index in [1.807, 2.05) is 43.3 Å². The number of piperazine rings is 1. The van der Waals surface area contributed by atoms with Crippen LogP contribution in [0.1, 0.15) is 36.7 Å². The molecule has 2 saturated heterocycles. The number of pyridine rings is 1. The Kier molecular flexibility index (Phi) is 11.1. The Morgan fingerprint density at radius 2 is 1.77 bits per heavy atom. The molecule has 3 heterocycles. The van der Waals surface area contributed by atoms with E-state index in [2.05, 4.69) is 15.2 Å². The molecule has 0 saturated carbocycles. The summed E-state index contributed by atoms with van der Waals surface area (Å²) in [6, 6.07) is 11.3. The molecule has 2 fully saturated rings. The summed E-state index contributed by atoms with van der Waals surface area (Å²) in [4.78, 5) is 68.3. The van der Waals surface area contributed by atoms with Gasteiger partial charge in [0.2, 0.25) is 5.91 Å². The summed E-state index contributed by atoms with van der Waals surface area (Å²) < 4.78 is 22.7. The number of ether oxygens (including phenoxy) is 2. The van der Waals surface area contributed by atoms with Gasteiger partial charge in [-0.1, -0.05) is 43.7 Å². The fourth-order valence-electron chi connectivity index (χ4n) is 5.11. The van der Waals surface area contributed by atoms with Crippen molar-refractivity contribution in [3.63, 3.8) is 0 Å². The lowest BCUT2D eigenvalue weighted by atomic mass is 10.1. The summed E-state index contributed by atoms with van der Waals surface area (Å²) in [6.45, 7) is 4.34. The standard InChI is InChI=1S/C29H40N5O8P/c1-3-4-16-42-29(37)33-14-12-32(13-15-33)28(36)26(20-43(38,39)40)31-27(35)25-18-22(34-11-10-23(19-34)41-2)17-24(30-25)21-8-6-5-7-9-21/h5-9,17-18,23,26H,3-4,10-16,19-20H2,1-2H3,(H,31,35)(H2,38,39,40). The van der Waals surface area contributed by atoms with Crippen LogP contribution in [0.3, 0.4) is 0 Å². The average Bonchev–Trinajstić information content (AvgIpc) is 3.50. The smallest absolute Gasteiger partial charge is 0.409 e. The number of aromatic nitrogens is 1. The first-order valence-corrected chi connectivity index (χ1v) is 16.3. The predicted molar refractivity (Wildman–Crippen MR) is 160 cm³/mol. The van der Waals surface area contributed by atoms with Crippen LogP contribution < -0.4 is 10.2 Å². The van der Waals surface area contributed by atoms with Gasteiger partial charge in [-0.05, 0) is 25.0 Å². The molecule has 3 amide bonds. The van der Waals surface area contributed by atoms with Crippen molar-refractivity contribution in [2.45, 2.75) is 38.3 Å². The molecule has 2 unspecified atom stereocenters. The fraction of sp³-hybridized carbons (Fsp3) is 0.517. The topological polar surface area (TPSA) is 162 Å². The third-order valence-electron chi connectivity index (χ3n) is 7.55. The molecule has 1 aromatic carbocycles. The Hall–Kier alpha value is -3.51. The minimum Gasteiger partial charge on any atom is -0.449 e. The van der Waals surface area contributed by atoms with Crippen molar-refractivity contribution in [1.82, 2.24) is 20.1 Å². The molecule has 2 atom stereocenters. The maximum atomic E-state index is 13.6. The van der Waals surface area contributed by atoms with Gasteiger partial charge in [-0.3, -0.25) is 14.2 Å². The number of rotatable bonds is 11. The highest BCUT2D eigenvalue weighted by Crippen LogP contribution is 2.35. The average molecular weight is 618 g/mol. The molecular weight excluding hydrogens is 577 g/mol. The first-order chi connectivity index (χ1) is 20.6. The molecule has 0 aliphatic carbocycles. The Bertz CT molecular complexity index is 1320. The zero-order valence-electron chi connectivity index (χ0n) is 24.6. The highest BCUT2D eigenvalue weighted by Gasteiger charge is 2.35. The zero-order valence-corrected chi connectivity index (χ0v) is 25.4. The van der Waals surface area contributed by atoms with Crippen molar-refractivity contribution < 1.29 is 38.2 Å². The number of amides is 3. The van der Waals surface area contributed by atoms with Gasteiger partial charge in [0, 0.05) is 57.6 Å². The molecule has 3 N–H and O–H groups in total. The molecule has 2 aliphatic rings. The quantitative estimate of drug-likeness (QED) is 0.252. The number of unbranched alkanes of at least 4 members (excludes halogenated alkanes) is 1. The lowest BCUT2D eigenvalue weighted by Crippen LogP contribution is -2.56. The molecule has 234 valence electrons. The highest BCUT2D eigenvalue weighted by atomic mass is 31.2. The van der Waals surface area contributed by atoms with Crippen LogP contribution in [0.5, 0.6) is 0 Å². The van der Waals surface area contributed by atoms with E-state index in [0.29, 0.717) is 18.8 Å². The number of hydrogen-bond acceptors (Lipinski definition) is 8. The van der Waals surface area contributed by atoms with E-state index in [4.69, 9.17) is 9.47 Å². The van der Waals surface area contributed by atoms with Crippen molar-refractivity contribution in [3.05, 3.63) is 48.2 Å². The van der Waals surface area contributed by atoms with Crippen molar-refractivity contribution in [2.75, 3.05) is 64.0 Å². The third kappa shape index (κ3) is 8.99. The molecule has 2 aliphatic heterocycles. The van der Waals surface area contributed by atoms with Crippen LogP contribution in [-0.4, -0.2) is 114 Å². The Labute approximate surface area is 251 Å². The first kappa shape index (κ1) is 32.4. The van der Waals surface area contributed by atoms with Crippen LogP contribution in [-0.2, 0) is 18.8 Å². The van der Waals surface area contributed by atoms with Crippen molar-refractivity contribution in [1.29, 1.82) is 0 Å². The van der Waals surface area contributed by atoms with Crippen LogP contribution in [0, 0.1) is 0 Å². The largest absolute Gasteiger partial charge is 0.449 e. The lowest BCUT2D eigenvalue weighted by Gasteiger charge is -2.36. The number of hydrogen-bond donors (Lipinski definition) is 3. The van der Waals surface area contributed by atoms with Gasteiger partial charge in [-0.15, -0.1) is 0 Å². The van der Waals surface area contributed by atoms with E-state index in [9.17, 15) is 28.7 Å². The number of nitrogens with zero attached hydrogens (tertiary/aromatic N) is 4. The number of anilines is 1. The molecule has 0 bridgehead atoms. The SMILES string of the molecule is CCCCOC(=O)N1CCN(C(=O)C(CP(=O)(O)O)NC(=O)c2cc(N3CCC(OC)C3)cc(-c3ccccc3)n2)CC1. The second-order valence-electron chi connectivity index (χ2n) is 10.7. The molecule has 43 heavy (non-hydrogen) atoms. The highest BCUT2D eigenvalue weighted by molar-refractivity contribution is 7.51. The summed E-state index contributed by atoms with van der Waals surface area (Å²) in [7, 11) is -3.04. The second-order valence-corrected chi connectivity index (χ2v) is 12.4. The monoisotopic (exact) mass is 617 g/mol. The van der Waals surface area contributed by atoms with Crippen molar-refractivity contribution >= 4 is 31.2 Å². The molecule has 13 nitrogen and oxygen atoms in total. The minimum absolute atomic E-state index is 0.0142. The zero-order chi connectivity index (χ0) is 31.0. The lowest BCUT2D eigenvalue weighted by molar-refractivity contribution is -0.134. The van der Waals surface area contributed by atoms with Gasteiger partial charge in [0.1, 0.15) is 11.7 Å². The summed E-state index contributed by atoms with van der Waals surface area (Å²) in [6.07, 6.45) is 1.19. The summed E-state index contributed by atoms with van der Waals surface area (Å²) in [5.74, 6) is -1.37. The normalized spacial score (nSPS) is 18.0. The second kappa shape index (κ2) is 14.8. The number of carbonyl (C=O) groups excluding carboxylic acids is 3. The van der Waals surface area contributed by atoms with Gasteiger partial charge in [0.25, 0.3) is 5.91 Å². The summed E-state index contributed by atoms with van der Waals surface area (Å²) in [5, 5.41) is 2.54. The van der Waals surface area contributed by atoms with E-state index in [1.165, 1.54) is 9.80 Å². The van der Waals surface area contributed by atoms with Crippen LogP contribution in [0.2, 0.25) is 0 Å². The van der Waals surface area contributed by atoms with Gasteiger partial charge in [-0.25, -0.2) is 9.78 Å². The van der Waals surface area contributed by atoms with Gasteiger partial charge >= 0.3 is 13.7 Å². The van der Waals surface area contributed by atoms with E-state index in [1.54, 1.807) is 13.2 Å². The van der Waals surface area contributed by atoms with Crippen LogP contribution in [0.15, 0.2) is 42.5 Å². The predicted octanol–water partition coefficient (Wildman–Crippen LogP) is 2.33. The number of carbonyl (C=O) groups is 3. The number of nitrogens with one attached hydrogen (secondary N) is 1. The van der Waals surface area contributed by atoms with Gasteiger partial charge in [0.05, 0.1) is 24.6 Å². The first-order valence-electron chi connectivity index (χ1n) is 14.5. The van der Waals surface area contributed by atoms with Crippen molar-refractivity contribution in [3.8, 4) is 11.3 Å². The maximum Gasteiger partial charge on any atom is 0.409 e. The Balaban J connectivity index is 1.52. The molecule has 0 radical (unpaired) electrons. The molecular formula is C29H40N5O8P. The van der Waals surface area contributed by atoms with Gasteiger partial charge < -0.3 is 39.3 Å². The molecule has 1 aromatic heterocycles. The Morgan fingerprint density at radius 1 is 1.07 bits per heavy atom. The van der Waals surface area contributed by atoms with E-state index in [-0.39, 0.29) is 38.0 Å². The van der Waals surface area contributed by atoms with Gasteiger partial charge in [0.15, 0.2) is 0 Å². The molecule has 2 aromatic rings. The van der Waals surface area contributed by atoms with Crippen LogP contribution >= 0.6 is 7.60 Å².